The van der Waals surface area contributed by atoms with Gasteiger partial charge in [-0.05, 0) is 56.2 Å². The van der Waals surface area contributed by atoms with Crippen molar-refractivity contribution in [2.24, 2.45) is 0 Å². The Bertz CT molecular complexity index is 1220. The summed E-state index contributed by atoms with van der Waals surface area (Å²) in [5.74, 6) is 2.16. The predicted molar refractivity (Wildman–Crippen MR) is 120 cm³/mol. The molecule has 0 atom stereocenters. The van der Waals surface area contributed by atoms with Gasteiger partial charge in [-0.3, -0.25) is 9.20 Å². The van der Waals surface area contributed by atoms with Crippen LogP contribution in [0.2, 0.25) is 0 Å². The van der Waals surface area contributed by atoms with Gasteiger partial charge in [0.1, 0.15) is 21.5 Å². The van der Waals surface area contributed by atoms with E-state index in [1.54, 1.807) is 7.11 Å². The number of hydrogen-bond donors (Lipinski definition) is 0. The molecule has 0 unspecified atom stereocenters. The number of fused-ring (bicyclic) bond motifs is 1. The SMILES string of the molecule is COc1ccc(-c2nc(C)c(C(=O)N3CCC(c4nnc5ccccn45)CC3)s2)cc1. The highest BCUT2D eigenvalue weighted by molar-refractivity contribution is 7.17. The van der Waals surface area contributed by atoms with E-state index in [9.17, 15) is 4.79 Å². The van der Waals surface area contributed by atoms with Crippen LogP contribution in [0.4, 0.5) is 0 Å². The van der Waals surface area contributed by atoms with E-state index in [1.165, 1.54) is 11.3 Å². The zero-order valence-corrected chi connectivity index (χ0v) is 18.3. The number of pyridine rings is 1. The molecule has 158 valence electrons. The lowest BCUT2D eigenvalue weighted by Crippen LogP contribution is -2.38. The monoisotopic (exact) mass is 433 g/mol. The van der Waals surface area contributed by atoms with E-state index < -0.39 is 0 Å². The van der Waals surface area contributed by atoms with Gasteiger partial charge in [-0.2, -0.15) is 0 Å². The first-order valence-electron chi connectivity index (χ1n) is 10.3. The Morgan fingerprint density at radius 3 is 2.61 bits per heavy atom. The second kappa shape index (κ2) is 8.11. The summed E-state index contributed by atoms with van der Waals surface area (Å²) in [7, 11) is 1.65. The molecule has 1 fully saturated rings. The number of thiazole rings is 1. The van der Waals surface area contributed by atoms with Gasteiger partial charge < -0.3 is 9.64 Å². The van der Waals surface area contributed by atoms with Crippen molar-refractivity contribution in [2.75, 3.05) is 20.2 Å². The summed E-state index contributed by atoms with van der Waals surface area (Å²) in [4.78, 5) is 20.5. The number of aryl methyl sites for hydroxylation is 1. The molecule has 0 N–H and O–H groups in total. The van der Waals surface area contributed by atoms with Crippen molar-refractivity contribution in [2.45, 2.75) is 25.7 Å². The van der Waals surface area contributed by atoms with Gasteiger partial charge in [0.2, 0.25) is 0 Å². The van der Waals surface area contributed by atoms with Gasteiger partial charge in [-0.15, -0.1) is 21.5 Å². The Labute approximate surface area is 184 Å². The van der Waals surface area contributed by atoms with Crippen LogP contribution in [0.1, 0.15) is 39.9 Å². The second-order valence-electron chi connectivity index (χ2n) is 7.72. The van der Waals surface area contributed by atoms with Crippen molar-refractivity contribution in [3.8, 4) is 16.3 Å². The fourth-order valence-corrected chi connectivity index (χ4v) is 5.11. The normalized spacial score (nSPS) is 14.8. The second-order valence-corrected chi connectivity index (χ2v) is 8.71. The molecule has 1 aliphatic heterocycles. The lowest BCUT2D eigenvalue weighted by atomic mass is 9.96. The van der Waals surface area contributed by atoms with Gasteiger partial charge in [0.15, 0.2) is 5.65 Å². The fourth-order valence-electron chi connectivity index (χ4n) is 4.07. The van der Waals surface area contributed by atoms with Crippen LogP contribution in [-0.2, 0) is 0 Å². The number of nitrogens with zero attached hydrogens (tertiary/aromatic N) is 5. The molecule has 8 heteroatoms. The van der Waals surface area contributed by atoms with Crippen LogP contribution in [0, 0.1) is 6.92 Å². The van der Waals surface area contributed by atoms with Crippen molar-refractivity contribution >= 4 is 22.9 Å². The number of benzene rings is 1. The number of likely N-dealkylation sites (tertiary alicyclic amines) is 1. The van der Waals surface area contributed by atoms with Gasteiger partial charge in [0.05, 0.1) is 12.8 Å². The Morgan fingerprint density at radius 2 is 1.87 bits per heavy atom. The summed E-state index contributed by atoms with van der Waals surface area (Å²) in [6.07, 6.45) is 3.76. The number of piperidine rings is 1. The number of aromatic nitrogens is 4. The first-order chi connectivity index (χ1) is 15.1. The molecule has 1 amide bonds. The molecule has 1 aliphatic rings. The van der Waals surface area contributed by atoms with Crippen LogP contribution in [0.5, 0.6) is 5.75 Å². The summed E-state index contributed by atoms with van der Waals surface area (Å²) >= 11 is 1.46. The summed E-state index contributed by atoms with van der Waals surface area (Å²) in [5, 5.41) is 9.53. The molecular formula is C23H23N5O2S. The molecule has 0 saturated carbocycles. The third-order valence-electron chi connectivity index (χ3n) is 5.82. The molecule has 4 heterocycles. The predicted octanol–water partition coefficient (Wildman–Crippen LogP) is 4.19. The highest BCUT2D eigenvalue weighted by atomic mass is 32.1. The number of carbonyl (C=O) groups excluding carboxylic acids is 1. The summed E-state index contributed by atoms with van der Waals surface area (Å²) in [6.45, 7) is 3.33. The van der Waals surface area contributed by atoms with Crippen LogP contribution < -0.4 is 4.74 Å². The van der Waals surface area contributed by atoms with Crippen molar-refractivity contribution < 1.29 is 9.53 Å². The lowest BCUT2D eigenvalue weighted by molar-refractivity contribution is 0.0715. The highest BCUT2D eigenvalue weighted by Crippen LogP contribution is 2.32. The minimum absolute atomic E-state index is 0.0688. The minimum atomic E-state index is 0.0688. The van der Waals surface area contributed by atoms with Gasteiger partial charge in [0, 0.05) is 30.8 Å². The van der Waals surface area contributed by atoms with Gasteiger partial charge in [-0.1, -0.05) is 6.07 Å². The van der Waals surface area contributed by atoms with Gasteiger partial charge in [0.25, 0.3) is 5.91 Å². The molecule has 0 bridgehead atoms. The smallest absolute Gasteiger partial charge is 0.265 e. The van der Waals surface area contributed by atoms with E-state index in [0.29, 0.717) is 19.0 Å². The molecular weight excluding hydrogens is 410 g/mol. The molecule has 0 aliphatic carbocycles. The third kappa shape index (κ3) is 3.67. The number of ether oxygens (including phenoxy) is 1. The van der Waals surface area contributed by atoms with Crippen LogP contribution >= 0.6 is 11.3 Å². The average Bonchev–Trinajstić information content (AvgIpc) is 3.42. The molecule has 1 saturated heterocycles. The van der Waals surface area contributed by atoms with E-state index in [-0.39, 0.29) is 5.91 Å². The molecule has 7 nitrogen and oxygen atoms in total. The molecule has 5 rings (SSSR count). The Morgan fingerprint density at radius 1 is 1.10 bits per heavy atom. The van der Waals surface area contributed by atoms with Crippen LogP contribution in [0.15, 0.2) is 48.7 Å². The molecule has 0 radical (unpaired) electrons. The molecule has 1 aromatic carbocycles. The first-order valence-corrected chi connectivity index (χ1v) is 11.2. The number of methoxy groups -OCH3 is 1. The standard InChI is InChI=1S/C23H23N5O2S/c1-15-20(31-22(24-15)17-6-8-18(30-2)9-7-17)23(29)27-13-10-16(11-14-27)21-26-25-19-5-3-4-12-28(19)21/h3-9,12,16H,10-11,13-14H2,1-2H3. The number of carbonyl (C=O) groups is 1. The van der Waals surface area contributed by atoms with Crippen molar-refractivity contribution in [3.63, 3.8) is 0 Å². The van der Waals surface area contributed by atoms with Crippen molar-refractivity contribution in [3.05, 3.63) is 65.1 Å². The zero-order valence-electron chi connectivity index (χ0n) is 17.5. The van der Waals surface area contributed by atoms with Crippen LogP contribution in [0.25, 0.3) is 16.2 Å². The maximum absolute atomic E-state index is 13.2. The molecule has 0 spiro atoms. The largest absolute Gasteiger partial charge is 0.497 e. The van der Waals surface area contributed by atoms with Crippen molar-refractivity contribution in [1.29, 1.82) is 0 Å². The Hall–Kier alpha value is -3.26. The minimum Gasteiger partial charge on any atom is -0.497 e. The quantitative estimate of drug-likeness (QED) is 0.483. The van der Waals surface area contributed by atoms with Crippen molar-refractivity contribution in [1.82, 2.24) is 24.5 Å². The maximum atomic E-state index is 13.2. The number of rotatable bonds is 4. The van der Waals surface area contributed by atoms with Gasteiger partial charge >= 0.3 is 0 Å². The van der Waals surface area contributed by atoms with Crippen LogP contribution in [0.3, 0.4) is 0 Å². The average molecular weight is 434 g/mol. The highest BCUT2D eigenvalue weighted by Gasteiger charge is 2.29. The summed E-state index contributed by atoms with van der Waals surface area (Å²) in [5.41, 5.74) is 2.64. The van der Waals surface area contributed by atoms with E-state index in [0.717, 1.165) is 51.2 Å². The number of amides is 1. The van der Waals surface area contributed by atoms with E-state index in [1.807, 2.05) is 60.5 Å². The topological polar surface area (TPSA) is 72.6 Å². The van der Waals surface area contributed by atoms with Gasteiger partial charge in [-0.25, -0.2) is 4.98 Å². The fraction of sp³-hybridized carbons (Fsp3) is 0.304. The summed E-state index contributed by atoms with van der Waals surface area (Å²) < 4.78 is 7.28. The third-order valence-corrected chi connectivity index (χ3v) is 7.01. The Balaban J connectivity index is 1.30. The van der Waals surface area contributed by atoms with Crippen LogP contribution in [-0.4, -0.2) is 50.6 Å². The maximum Gasteiger partial charge on any atom is 0.265 e. The Kier molecular flexibility index (Phi) is 5.15. The molecule has 4 aromatic rings. The zero-order chi connectivity index (χ0) is 21.4. The molecule has 31 heavy (non-hydrogen) atoms. The van der Waals surface area contributed by atoms with E-state index >= 15 is 0 Å². The lowest BCUT2D eigenvalue weighted by Gasteiger charge is -2.31. The number of hydrogen-bond acceptors (Lipinski definition) is 6. The molecule has 3 aromatic heterocycles. The first kappa shape index (κ1) is 19.7. The summed E-state index contributed by atoms with van der Waals surface area (Å²) in [6, 6.07) is 13.7. The van der Waals surface area contributed by atoms with E-state index in [2.05, 4.69) is 19.6 Å². The van der Waals surface area contributed by atoms with E-state index in [4.69, 9.17) is 4.74 Å².